The lowest BCUT2D eigenvalue weighted by atomic mass is 10.3. The van der Waals surface area contributed by atoms with Crippen molar-refractivity contribution in [3.8, 4) is 0 Å². The number of aliphatic hydroxyl groups excluding tert-OH is 1. The standard InChI is InChI=1S/C7H7BrOS2/c1-3-5(8)4(2)11-6(3)7(9)10/h1-2H3,(H,9,10). The van der Waals surface area contributed by atoms with Gasteiger partial charge < -0.3 is 5.11 Å². The molecule has 0 radical (unpaired) electrons. The highest BCUT2D eigenvalue weighted by atomic mass is 79.9. The molecule has 1 aromatic rings. The molecule has 11 heavy (non-hydrogen) atoms. The topological polar surface area (TPSA) is 20.2 Å². The lowest BCUT2D eigenvalue weighted by Crippen LogP contribution is -1.91. The summed E-state index contributed by atoms with van der Waals surface area (Å²) >= 11 is 9.59. The molecular weight excluding hydrogens is 244 g/mol. The SMILES string of the molecule is Cc1sc(C(O)=S)c(C)c1Br. The van der Waals surface area contributed by atoms with Crippen molar-refractivity contribution in [1.82, 2.24) is 0 Å². The Morgan fingerprint density at radius 1 is 1.55 bits per heavy atom. The van der Waals surface area contributed by atoms with E-state index in [0.29, 0.717) is 0 Å². The van der Waals surface area contributed by atoms with Crippen LogP contribution in [0.3, 0.4) is 0 Å². The molecule has 60 valence electrons. The normalized spacial score (nSPS) is 10.1. The molecule has 0 unspecified atom stereocenters. The molecule has 1 aromatic heterocycles. The maximum Gasteiger partial charge on any atom is 0.199 e. The van der Waals surface area contributed by atoms with Gasteiger partial charge >= 0.3 is 0 Å². The first kappa shape index (κ1) is 9.16. The van der Waals surface area contributed by atoms with Gasteiger partial charge in [0.05, 0.1) is 4.88 Å². The number of aliphatic hydroxyl groups is 1. The third-order valence-corrected chi connectivity index (χ3v) is 4.43. The van der Waals surface area contributed by atoms with E-state index in [9.17, 15) is 0 Å². The van der Waals surface area contributed by atoms with E-state index < -0.39 is 0 Å². The fourth-order valence-electron chi connectivity index (χ4n) is 0.842. The van der Waals surface area contributed by atoms with Gasteiger partial charge in [0, 0.05) is 9.35 Å². The Morgan fingerprint density at radius 2 is 2.09 bits per heavy atom. The number of thiophene rings is 1. The predicted octanol–water partition coefficient (Wildman–Crippen LogP) is 3.36. The fourth-order valence-corrected chi connectivity index (χ4v) is 2.58. The molecule has 1 heterocycles. The summed E-state index contributed by atoms with van der Waals surface area (Å²) < 4.78 is 1.05. The molecule has 0 aliphatic rings. The summed E-state index contributed by atoms with van der Waals surface area (Å²) in [5, 5.41) is 9.05. The number of hydrogen-bond acceptors (Lipinski definition) is 2. The van der Waals surface area contributed by atoms with Gasteiger partial charge in [0.25, 0.3) is 0 Å². The van der Waals surface area contributed by atoms with Gasteiger partial charge in [-0.15, -0.1) is 11.3 Å². The van der Waals surface area contributed by atoms with Gasteiger partial charge in [-0.1, -0.05) is 0 Å². The van der Waals surface area contributed by atoms with Crippen LogP contribution in [0.15, 0.2) is 4.47 Å². The van der Waals surface area contributed by atoms with E-state index in [-0.39, 0.29) is 5.05 Å². The third-order valence-electron chi connectivity index (χ3n) is 1.43. The molecule has 4 heteroatoms. The molecule has 0 aliphatic heterocycles. The molecule has 0 bridgehead atoms. The highest BCUT2D eigenvalue weighted by Gasteiger charge is 2.11. The predicted molar refractivity (Wildman–Crippen MR) is 55.8 cm³/mol. The smallest absolute Gasteiger partial charge is 0.199 e. The van der Waals surface area contributed by atoms with Gasteiger partial charge in [-0.2, -0.15) is 0 Å². The van der Waals surface area contributed by atoms with Crippen LogP contribution in [0.4, 0.5) is 0 Å². The van der Waals surface area contributed by atoms with Crippen LogP contribution in [0.5, 0.6) is 0 Å². The van der Waals surface area contributed by atoms with Crippen molar-refractivity contribution in [3.63, 3.8) is 0 Å². The van der Waals surface area contributed by atoms with Gasteiger partial charge in [-0.05, 0) is 47.6 Å². The highest BCUT2D eigenvalue weighted by Crippen LogP contribution is 2.31. The second-order valence-electron chi connectivity index (χ2n) is 2.23. The van der Waals surface area contributed by atoms with E-state index in [1.54, 1.807) is 0 Å². The number of hydrogen-bond donors (Lipinski definition) is 1. The van der Waals surface area contributed by atoms with Crippen molar-refractivity contribution in [2.75, 3.05) is 0 Å². The summed E-state index contributed by atoms with van der Waals surface area (Å²) in [6.07, 6.45) is 0. The van der Waals surface area contributed by atoms with Crippen LogP contribution in [-0.4, -0.2) is 10.2 Å². The maximum atomic E-state index is 9.06. The second-order valence-corrected chi connectivity index (χ2v) is 4.64. The van der Waals surface area contributed by atoms with Crippen molar-refractivity contribution in [2.45, 2.75) is 13.8 Å². The van der Waals surface area contributed by atoms with Crippen LogP contribution in [-0.2, 0) is 0 Å². The van der Waals surface area contributed by atoms with Gasteiger partial charge in [-0.3, -0.25) is 0 Å². The van der Waals surface area contributed by atoms with E-state index >= 15 is 0 Å². The van der Waals surface area contributed by atoms with E-state index in [0.717, 1.165) is 19.8 Å². The molecule has 0 aromatic carbocycles. The Bertz CT molecular complexity index is 304. The van der Waals surface area contributed by atoms with Crippen molar-refractivity contribution in [1.29, 1.82) is 0 Å². The number of aryl methyl sites for hydroxylation is 1. The first-order valence-electron chi connectivity index (χ1n) is 3.02. The van der Waals surface area contributed by atoms with Gasteiger partial charge in [0.15, 0.2) is 5.05 Å². The van der Waals surface area contributed by atoms with Crippen molar-refractivity contribution < 1.29 is 5.11 Å². The quantitative estimate of drug-likeness (QED) is 0.772. The van der Waals surface area contributed by atoms with Crippen molar-refractivity contribution in [2.24, 2.45) is 0 Å². The molecule has 1 rings (SSSR count). The monoisotopic (exact) mass is 250 g/mol. The minimum Gasteiger partial charge on any atom is -0.498 e. The Labute approximate surface area is 83.2 Å². The molecule has 0 atom stereocenters. The van der Waals surface area contributed by atoms with Crippen LogP contribution in [0.2, 0.25) is 0 Å². The minimum absolute atomic E-state index is 0.0127. The zero-order valence-electron chi connectivity index (χ0n) is 6.14. The van der Waals surface area contributed by atoms with Gasteiger partial charge in [0.2, 0.25) is 0 Å². The Hall–Kier alpha value is 0.0700. The molecule has 0 amide bonds. The molecule has 1 nitrogen and oxygen atoms in total. The molecular formula is C7H7BrOS2. The third kappa shape index (κ3) is 1.63. The van der Waals surface area contributed by atoms with E-state index in [2.05, 4.69) is 28.1 Å². The summed E-state index contributed by atoms with van der Waals surface area (Å²) in [6.45, 7) is 3.93. The van der Waals surface area contributed by atoms with Crippen molar-refractivity contribution in [3.05, 3.63) is 19.8 Å². The van der Waals surface area contributed by atoms with Crippen LogP contribution in [0, 0.1) is 13.8 Å². The molecule has 1 N–H and O–H groups in total. The Morgan fingerprint density at radius 3 is 2.27 bits per heavy atom. The van der Waals surface area contributed by atoms with E-state index in [1.807, 2.05) is 13.8 Å². The summed E-state index contributed by atoms with van der Waals surface area (Å²) in [5.74, 6) is 0. The zero-order valence-corrected chi connectivity index (χ0v) is 9.36. The average Bonchev–Trinajstić information content (AvgIpc) is 2.17. The average molecular weight is 251 g/mol. The van der Waals surface area contributed by atoms with Crippen LogP contribution < -0.4 is 0 Å². The van der Waals surface area contributed by atoms with Crippen LogP contribution in [0.1, 0.15) is 15.3 Å². The first-order valence-corrected chi connectivity index (χ1v) is 5.04. The van der Waals surface area contributed by atoms with Gasteiger partial charge in [-0.25, -0.2) is 0 Å². The first-order chi connectivity index (χ1) is 5.04. The van der Waals surface area contributed by atoms with Crippen LogP contribution >= 0.6 is 39.5 Å². The summed E-state index contributed by atoms with van der Waals surface area (Å²) in [5.41, 5.74) is 1.03. The second kappa shape index (κ2) is 3.21. The Balaban J connectivity index is 3.29. The zero-order chi connectivity index (χ0) is 8.59. The minimum atomic E-state index is -0.0127. The van der Waals surface area contributed by atoms with Crippen molar-refractivity contribution >= 4 is 44.5 Å². The van der Waals surface area contributed by atoms with Crippen LogP contribution in [0.25, 0.3) is 0 Å². The maximum absolute atomic E-state index is 9.06. The van der Waals surface area contributed by atoms with E-state index in [4.69, 9.17) is 5.11 Å². The lowest BCUT2D eigenvalue weighted by molar-refractivity contribution is 0.572. The molecule has 0 fully saturated rings. The molecule has 0 saturated heterocycles. The molecule has 0 saturated carbocycles. The van der Waals surface area contributed by atoms with Gasteiger partial charge in [0.1, 0.15) is 0 Å². The Kier molecular flexibility index (Phi) is 2.67. The van der Waals surface area contributed by atoms with E-state index in [1.165, 1.54) is 11.3 Å². The lowest BCUT2D eigenvalue weighted by Gasteiger charge is -1.91. The summed E-state index contributed by atoms with van der Waals surface area (Å²) in [4.78, 5) is 1.94. The highest BCUT2D eigenvalue weighted by molar-refractivity contribution is 9.10. The fraction of sp³-hybridized carbons (Fsp3) is 0.286. The largest absolute Gasteiger partial charge is 0.498 e. The molecule has 0 aliphatic carbocycles. The summed E-state index contributed by atoms with van der Waals surface area (Å²) in [6, 6.07) is 0. The number of halogens is 1. The summed E-state index contributed by atoms with van der Waals surface area (Å²) in [7, 11) is 0. The number of rotatable bonds is 1. The molecule has 0 spiro atoms. The number of thiocarbonyl (C=S) groups is 1.